The highest BCUT2D eigenvalue weighted by atomic mass is 32.2. The van der Waals surface area contributed by atoms with Crippen LogP contribution in [0.2, 0.25) is 0 Å². The summed E-state index contributed by atoms with van der Waals surface area (Å²) in [6.07, 6.45) is 2.07. The van der Waals surface area contributed by atoms with E-state index in [-0.39, 0.29) is 35.0 Å². The van der Waals surface area contributed by atoms with Crippen molar-refractivity contribution in [2.24, 2.45) is 0 Å². The van der Waals surface area contributed by atoms with Crippen LogP contribution in [0.15, 0.2) is 34.1 Å². The molecule has 1 heterocycles. The van der Waals surface area contributed by atoms with Crippen LogP contribution in [0.5, 0.6) is 0 Å². The Morgan fingerprint density at radius 3 is 1.97 bits per heavy atom. The zero-order chi connectivity index (χ0) is 22.2. The number of hydrogen-bond donors (Lipinski definition) is 2. The van der Waals surface area contributed by atoms with Crippen molar-refractivity contribution >= 4 is 26.1 Å². The molecule has 1 aromatic carbocycles. The zero-order valence-electron chi connectivity index (χ0n) is 17.4. The van der Waals surface area contributed by atoms with Gasteiger partial charge in [-0.25, -0.2) is 26.4 Å². The molecule has 2 aliphatic rings. The minimum absolute atomic E-state index is 0.0194. The number of rotatable bonds is 6. The number of nitrogens with one attached hydrogen (secondary N) is 2. The van der Waals surface area contributed by atoms with Crippen LogP contribution in [0.1, 0.15) is 46.5 Å². The number of benzene rings is 1. The van der Waals surface area contributed by atoms with Gasteiger partial charge in [-0.3, -0.25) is 0 Å². The Morgan fingerprint density at radius 2 is 1.47 bits per heavy atom. The van der Waals surface area contributed by atoms with Crippen molar-refractivity contribution in [1.29, 1.82) is 0 Å². The minimum Gasteiger partial charge on any atom is -0.444 e. The number of nitrogens with zero attached hydrogens (tertiary/aromatic N) is 1. The van der Waals surface area contributed by atoms with Gasteiger partial charge in [-0.05, 0) is 70.7 Å². The van der Waals surface area contributed by atoms with Crippen molar-refractivity contribution in [2.45, 2.75) is 73.9 Å². The molecule has 1 aliphatic carbocycles. The summed E-state index contributed by atoms with van der Waals surface area (Å²) in [5.41, 5.74) is -0.595. The monoisotopic (exact) mass is 459 g/mol. The van der Waals surface area contributed by atoms with Crippen molar-refractivity contribution in [3.05, 3.63) is 24.3 Å². The van der Waals surface area contributed by atoms with Gasteiger partial charge in [0.1, 0.15) is 5.60 Å². The van der Waals surface area contributed by atoms with Gasteiger partial charge in [0, 0.05) is 25.2 Å². The van der Waals surface area contributed by atoms with Gasteiger partial charge in [0.25, 0.3) is 0 Å². The second-order valence-corrected chi connectivity index (χ2v) is 12.3. The van der Waals surface area contributed by atoms with Crippen LogP contribution in [0, 0.1) is 0 Å². The van der Waals surface area contributed by atoms with E-state index in [1.807, 2.05) is 0 Å². The summed E-state index contributed by atoms with van der Waals surface area (Å²) < 4.78 is 59.4. The summed E-state index contributed by atoms with van der Waals surface area (Å²) in [5.74, 6) is 0. The zero-order valence-corrected chi connectivity index (χ0v) is 19.1. The van der Waals surface area contributed by atoms with Crippen molar-refractivity contribution in [2.75, 3.05) is 13.1 Å². The third-order valence-corrected chi connectivity index (χ3v) is 8.30. The van der Waals surface area contributed by atoms with Gasteiger partial charge in [0.15, 0.2) is 0 Å². The number of hydrogen-bond acceptors (Lipinski definition) is 6. The second-order valence-electron chi connectivity index (χ2n) is 8.69. The standard InChI is InChI=1S/C19H29N3O6S2/c1-19(2,3)28-18(23)20-14-10-12-22(13-11-14)30(26,27)17-8-6-16(7-9-17)29(24,25)21-15-4-5-15/h6-9,14-15,21H,4-5,10-13H2,1-3H3,(H,20,23). The summed E-state index contributed by atoms with van der Waals surface area (Å²) in [6.45, 7) is 5.85. The van der Waals surface area contributed by atoms with E-state index in [1.54, 1.807) is 20.8 Å². The number of amides is 1. The Balaban J connectivity index is 1.59. The summed E-state index contributed by atoms with van der Waals surface area (Å²) in [4.78, 5) is 12.0. The highest BCUT2D eigenvalue weighted by molar-refractivity contribution is 7.89. The molecule has 0 spiro atoms. The number of alkyl carbamates (subject to hydrolysis) is 1. The van der Waals surface area contributed by atoms with Crippen molar-refractivity contribution < 1.29 is 26.4 Å². The summed E-state index contributed by atoms with van der Waals surface area (Å²) in [6, 6.07) is 5.09. The molecule has 2 fully saturated rings. The Kier molecular flexibility index (Phi) is 6.47. The molecule has 1 saturated heterocycles. The summed E-state index contributed by atoms with van der Waals surface area (Å²) in [7, 11) is -7.37. The molecule has 0 unspecified atom stereocenters. The molecule has 0 aromatic heterocycles. The molecule has 1 aliphatic heterocycles. The van der Waals surface area contributed by atoms with Gasteiger partial charge in [0.05, 0.1) is 9.79 Å². The van der Waals surface area contributed by atoms with E-state index in [2.05, 4.69) is 10.0 Å². The number of ether oxygens (including phenoxy) is 1. The predicted molar refractivity (Wildman–Crippen MR) is 111 cm³/mol. The highest BCUT2D eigenvalue weighted by Gasteiger charge is 2.32. The first-order valence-electron chi connectivity index (χ1n) is 9.99. The van der Waals surface area contributed by atoms with Gasteiger partial charge in [-0.1, -0.05) is 0 Å². The smallest absolute Gasteiger partial charge is 0.407 e. The van der Waals surface area contributed by atoms with E-state index in [0.29, 0.717) is 12.8 Å². The van der Waals surface area contributed by atoms with Crippen LogP contribution in [0.4, 0.5) is 4.79 Å². The molecule has 0 radical (unpaired) electrons. The lowest BCUT2D eigenvalue weighted by Crippen LogP contribution is -2.47. The maximum Gasteiger partial charge on any atom is 0.407 e. The lowest BCUT2D eigenvalue weighted by molar-refractivity contribution is 0.0489. The van der Waals surface area contributed by atoms with Crippen LogP contribution in [-0.2, 0) is 24.8 Å². The van der Waals surface area contributed by atoms with Crippen LogP contribution in [0.25, 0.3) is 0 Å². The molecule has 1 aromatic rings. The molecule has 0 bridgehead atoms. The first-order valence-corrected chi connectivity index (χ1v) is 12.9. The molecular formula is C19H29N3O6S2. The van der Waals surface area contributed by atoms with Gasteiger partial charge in [-0.15, -0.1) is 0 Å². The molecule has 1 saturated carbocycles. The summed E-state index contributed by atoms with van der Waals surface area (Å²) in [5, 5.41) is 2.78. The van der Waals surface area contributed by atoms with E-state index < -0.39 is 31.7 Å². The predicted octanol–water partition coefficient (Wildman–Crippen LogP) is 1.81. The highest BCUT2D eigenvalue weighted by Crippen LogP contribution is 2.25. The summed E-state index contributed by atoms with van der Waals surface area (Å²) >= 11 is 0. The van der Waals surface area contributed by atoms with Crippen LogP contribution < -0.4 is 10.0 Å². The number of carbonyl (C=O) groups excluding carboxylic acids is 1. The largest absolute Gasteiger partial charge is 0.444 e. The van der Waals surface area contributed by atoms with Crippen LogP contribution in [0.3, 0.4) is 0 Å². The molecule has 11 heteroatoms. The van der Waals surface area contributed by atoms with E-state index in [0.717, 1.165) is 12.8 Å². The Labute approximate surface area is 178 Å². The maximum absolute atomic E-state index is 12.9. The topological polar surface area (TPSA) is 122 Å². The minimum atomic E-state index is -3.74. The fourth-order valence-corrected chi connectivity index (χ4v) is 5.92. The number of carbonyl (C=O) groups is 1. The fraction of sp³-hybridized carbons (Fsp3) is 0.632. The van der Waals surface area contributed by atoms with Gasteiger partial charge >= 0.3 is 6.09 Å². The van der Waals surface area contributed by atoms with E-state index in [9.17, 15) is 21.6 Å². The Bertz CT molecular complexity index is 972. The third-order valence-electron chi connectivity index (χ3n) is 4.85. The first-order chi connectivity index (χ1) is 13.9. The molecule has 168 valence electrons. The molecule has 30 heavy (non-hydrogen) atoms. The average molecular weight is 460 g/mol. The lowest BCUT2D eigenvalue weighted by atomic mass is 10.1. The second kappa shape index (κ2) is 8.45. The van der Waals surface area contributed by atoms with Crippen molar-refractivity contribution in [1.82, 2.24) is 14.3 Å². The van der Waals surface area contributed by atoms with Crippen LogP contribution in [-0.4, -0.2) is 58.0 Å². The van der Waals surface area contributed by atoms with Gasteiger partial charge < -0.3 is 10.1 Å². The van der Waals surface area contributed by atoms with Gasteiger partial charge in [-0.2, -0.15) is 4.31 Å². The molecule has 0 atom stereocenters. The quantitative estimate of drug-likeness (QED) is 0.669. The third kappa shape index (κ3) is 5.93. The lowest BCUT2D eigenvalue weighted by Gasteiger charge is -2.32. The van der Waals surface area contributed by atoms with Crippen LogP contribution >= 0.6 is 0 Å². The molecule has 3 rings (SSSR count). The van der Waals surface area contributed by atoms with Crippen molar-refractivity contribution in [3.8, 4) is 0 Å². The molecule has 9 nitrogen and oxygen atoms in total. The van der Waals surface area contributed by atoms with E-state index in [4.69, 9.17) is 4.74 Å². The van der Waals surface area contributed by atoms with E-state index >= 15 is 0 Å². The maximum atomic E-state index is 12.9. The van der Waals surface area contributed by atoms with Gasteiger partial charge in [0.2, 0.25) is 20.0 Å². The Morgan fingerprint density at radius 1 is 0.933 bits per heavy atom. The molecule has 1 amide bonds. The normalized spacial score (nSPS) is 19.4. The number of sulfonamides is 2. The SMILES string of the molecule is CC(C)(C)OC(=O)NC1CCN(S(=O)(=O)c2ccc(S(=O)(=O)NC3CC3)cc2)CC1. The molecular weight excluding hydrogens is 430 g/mol. The first kappa shape index (κ1) is 23.0. The number of piperidine rings is 1. The Hall–Kier alpha value is -1.69. The van der Waals surface area contributed by atoms with Crippen molar-refractivity contribution in [3.63, 3.8) is 0 Å². The average Bonchev–Trinajstić information content (AvgIpc) is 3.44. The molecule has 2 N–H and O–H groups in total. The fourth-order valence-electron chi connectivity index (χ4n) is 3.14. The van der Waals surface area contributed by atoms with E-state index in [1.165, 1.54) is 28.6 Å².